The Morgan fingerprint density at radius 2 is 2.16 bits per heavy atom. The van der Waals surface area contributed by atoms with Gasteiger partial charge in [-0.2, -0.15) is 0 Å². The van der Waals surface area contributed by atoms with Crippen LogP contribution in [-0.2, 0) is 19.3 Å². The zero-order chi connectivity index (χ0) is 13.2. The van der Waals surface area contributed by atoms with Crippen LogP contribution in [0.5, 0.6) is 0 Å². The monoisotopic (exact) mass is 271 g/mol. The van der Waals surface area contributed by atoms with E-state index in [1.165, 1.54) is 35.3 Å². The molecule has 1 atom stereocenters. The van der Waals surface area contributed by atoms with Crippen molar-refractivity contribution in [3.05, 3.63) is 56.8 Å². The van der Waals surface area contributed by atoms with Gasteiger partial charge in [0.1, 0.15) is 0 Å². The molecule has 0 spiro atoms. The van der Waals surface area contributed by atoms with Gasteiger partial charge < -0.3 is 5.32 Å². The second-order valence-corrected chi connectivity index (χ2v) is 6.65. The zero-order valence-corrected chi connectivity index (χ0v) is 12.5. The number of thiophene rings is 1. The molecule has 0 aliphatic heterocycles. The summed E-state index contributed by atoms with van der Waals surface area (Å²) in [6.07, 6.45) is 5.01. The van der Waals surface area contributed by atoms with Crippen LogP contribution in [0.2, 0.25) is 0 Å². The lowest BCUT2D eigenvalue weighted by molar-refractivity contribution is 0.601. The van der Waals surface area contributed by atoms with E-state index in [1.807, 2.05) is 11.3 Å². The quantitative estimate of drug-likeness (QED) is 0.884. The average molecular weight is 271 g/mol. The Balaban J connectivity index is 1.80. The van der Waals surface area contributed by atoms with Crippen molar-refractivity contribution in [1.29, 1.82) is 0 Å². The van der Waals surface area contributed by atoms with E-state index in [-0.39, 0.29) is 0 Å². The molecule has 1 aliphatic carbocycles. The van der Waals surface area contributed by atoms with Crippen LogP contribution in [0.4, 0.5) is 0 Å². The summed E-state index contributed by atoms with van der Waals surface area (Å²) in [5, 5.41) is 3.49. The first-order valence-corrected chi connectivity index (χ1v) is 7.92. The third kappa shape index (κ3) is 2.75. The molecule has 0 fully saturated rings. The van der Waals surface area contributed by atoms with E-state index in [2.05, 4.69) is 49.6 Å². The standard InChI is InChI=1S/C17H21NS/c1-12-5-3-6-13(9-12)10-15(18-2)17-11-14-7-4-8-16(14)19-17/h3,5-6,9,11,15,18H,4,7-8,10H2,1-2H3. The third-order valence-electron chi connectivity index (χ3n) is 3.98. The highest BCUT2D eigenvalue weighted by Crippen LogP contribution is 2.34. The Morgan fingerprint density at radius 3 is 2.89 bits per heavy atom. The minimum atomic E-state index is 0.456. The van der Waals surface area contributed by atoms with Gasteiger partial charge in [-0.05, 0) is 56.8 Å². The summed E-state index contributed by atoms with van der Waals surface area (Å²) in [5.74, 6) is 0. The van der Waals surface area contributed by atoms with Crippen LogP contribution in [0.15, 0.2) is 30.3 Å². The van der Waals surface area contributed by atoms with Crippen LogP contribution in [0, 0.1) is 6.92 Å². The first kappa shape index (κ1) is 12.9. The maximum Gasteiger partial charge on any atom is 0.0453 e. The maximum absolute atomic E-state index is 3.49. The SMILES string of the molecule is CNC(Cc1cccc(C)c1)c1cc2c(s1)CCC2. The summed E-state index contributed by atoms with van der Waals surface area (Å²) in [6.45, 7) is 2.16. The largest absolute Gasteiger partial charge is 0.312 e. The van der Waals surface area contributed by atoms with Crippen molar-refractivity contribution in [2.75, 3.05) is 7.05 Å². The number of hydrogen-bond acceptors (Lipinski definition) is 2. The van der Waals surface area contributed by atoms with Gasteiger partial charge in [0.25, 0.3) is 0 Å². The molecule has 0 saturated carbocycles. The molecule has 1 aromatic heterocycles. The molecule has 1 nitrogen and oxygen atoms in total. The smallest absolute Gasteiger partial charge is 0.0453 e. The van der Waals surface area contributed by atoms with Gasteiger partial charge in [0.15, 0.2) is 0 Å². The molecule has 1 unspecified atom stereocenters. The molecule has 1 aromatic carbocycles. The maximum atomic E-state index is 3.49. The van der Waals surface area contributed by atoms with Crippen LogP contribution in [0.25, 0.3) is 0 Å². The van der Waals surface area contributed by atoms with Crippen molar-refractivity contribution >= 4 is 11.3 Å². The van der Waals surface area contributed by atoms with E-state index in [0.717, 1.165) is 6.42 Å². The van der Waals surface area contributed by atoms with Gasteiger partial charge >= 0.3 is 0 Å². The normalized spacial score (nSPS) is 15.5. The van der Waals surface area contributed by atoms with Crippen molar-refractivity contribution < 1.29 is 0 Å². The highest BCUT2D eigenvalue weighted by molar-refractivity contribution is 7.12. The molecule has 1 aliphatic rings. The fourth-order valence-electron chi connectivity index (χ4n) is 2.94. The molecule has 100 valence electrons. The van der Waals surface area contributed by atoms with Gasteiger partial charge in [0.05, 0.1) is 0 Å². The minimum absolute atomic E-state index is 0.456. The molecule has 0 radical (unpaired) electrons. The van der Waals surface area contributed by atoms with E-state index in [1.54, 1.807) is 10.4 Å². The van der Waals surface area contributed by atoms with Crippen molar-refractivity contribution in [2.45, 2.75) is 38.6 Å². The predicted octanol–water partition coefficient (Wildman–Crippen LogP) is 4.05. The van der Waals surface area contributed by atoms with Gasteiger partial charge in [-0.1, -0.05) is 29.8 Å². The van der Waals surface area contributed by atoms with Gasteiger partial charge in [-0.3, -0.25) is 0 Å². The minimum Gasteiger partial charge on any atom is -0.312 e. The number of fused-ring (bicyclic) bond motifs is 1. The Hall–Kier alpha value is -1.12. The first-order chi connectivity index (χ1) is 9.26. The van der Waals surface area contributed by atoms with Gasteiger partial charge in [0.2, 0.25) is 0 Å². The van der Waals surface area contributed by atoms with Crippen LogP contribution in [0.3, 0.4) is 0 Å². The van der Waals surface area contributed by atoms with Crippen LogP contribution in [0.1, 0.15) is 38.9 Å². The Morgan fingerprint density at radius 1 is 1.26 bits per heavy atom. The average Bonchev–Trinajstić information content (AvgIpc) is 2.96. The Bertz CT molecular complexity index is 549. The van der Waals surface area contributed by atoms with Crippen LogP contribution < -0.4 is 5.32 Å². The molecule has 1 N–H and O–H groups in total. The van der Waals surface area contributed by atoms with E-state index in [0.29, 0.717) is 6.04 Å². The first-order valence-electron chi connectivity index (χ1n) is 7.10. The fourth-order valence-corrected chi connectivity index (χ4v) is 4.31. The summed E-state index contributed by atoms with van der Waals surface area (Å²) in [5.41, 5.74) is 4.37. The van der Waals surface area contributed by atoms with Crippen molar-refractivity contribution in [2.24, 2.45) is 0 Å². The number of hydrogen-bond donors (Lipinski definition) is 1. The second-order valence-electron chi connectivity index (χ2n) is 5.49. The Labute approximate surface area is 119 Å². The predicted molar refractivity (Wildman–Crippen MR) is 83.0 cm³/mol. The summed E-state index contributed by atoms with van der Waals surface area (Å²) >= 11 is 2.02. The molecule has 2 aromatic rings. The lowest BCUT2D eigenvalue weighted by atomic mass is 10.0. The molecule has 1 heterocycles. The highest BCUT2D eigenvalue weighted by Gasteiger charge is 2.19. The summed E-state index contributed by atoms with van der Waals surface area (Å²) in [6, 6.07) is 11.7. The molecule has 19 heavy (non-hydrogen) atoms. The van der Waals surface area contributed by atoms with Crippen molar-refractivity contribution in [3.8, 4) is 0 Å². The molecule has 2 heteroatoms. The topological polar surface area (TPSA) is 12.0 Å². The van der Waals surface area contributed by atoms with E-state index >= 15 is 0 Å². The molecule has 0 bridgehead atoms. The van der Waals surface area contributed by atoms with E-state index < -0.39 is 0 Å². The van der Waals surface area contributed by atoms with E-state index in [4.69, 9.17) is 0 Å². The van der Waals surface area contributed by atoms with E-state index in [9.17, 15) is 0 Å². The molecule has 3 rings (SSSR count). The second kappa shape index (κ2) is 5.48. The summed E-state index contributed by atoms with van der Waals surface area (Å²) in [7, 11) is 2.07. The number of nitrogens with one attached hydrogen (secondary N) is 1. The number of rotatable bonds is 4. The molecular weight excluding hydrogens is 250 g/mol. The number of benzene rings is 1. The van der Waals surface area contributed by atoms with Gasteiger partial charge in [0, 0.05) is 15.8 Å². The molecule has 0 amide bonds. The van der Waals surface area contributed by atoms with Crippen LogP contribution in [-0.4, -0.2) is 7.05 Å². The molecule has 0 saturated heterocycles. The van der Waals surface area contributed by atoms with Crippen LogP contribution >= 0.6 is 11.3 Å². The lowest BCUT2D eigenvalue weighted by Crippen LogP contribution is -2.17. The van der Waals surface area contributed by atoms with Gasteiger partial charge in [-0.25, -0.2) is 0 Å². The summed E-state index contributed by atoms with van der Waals surface area (Å²) < 4.78 is 0. The van der Waals surface area contributed by atoms with Crippen molar-refractivity contribution in [3.63, 3.8) is 0 Å². The van der Waals surface area contributed by atoms with Crippen molar-refractivity contribution in [1.82, 2.24) is 5.32 Å². The Kier molecular flexibility index (Phi) is 3.72. The number of likely N-dealkylation sites (N-methyl/N-ethyl adjacent to an activating group) is 1. The molecular formula is C17H21NS. The fraction of sp³-hybridized carbons (Fsp3) is 0.412. The third-order valence-corrected chi connectivity index (χ3v) is 5.33. The highest BCUT2D eigenvalue weighted by atomic mass is 32.1. The lowest BCUT2D eigenvalue weighted by Gasteiger charge is -2.15. The zero-order valence-electron chi connectivity index (χ0n) is 11.7. The van der Waals surface area contributed by atoms with Gasteiger partial charge in [-0.15, -0.1) is 11.3 Å². The summed E-state index contributed by atoms with van der Waals surface area (Å²) in [4.78, 5) is 3.13. The number of aryl methyl sites for hydroxylation is 3.